The molecule has 6 nitrogen and oxygen atoms in total. The van der Waals surface area contributed by atoms with E-state index in [1.165, 1.54) is 11.4 Å². The largest absolute Gasteiger partial charge is 0.357 e. The van der Waals surface area contributed by atoms with Gasteiger partial charge in [0.05, 0.1) is 6.61 Å². The molecule has 1 rings (SSSR count). The van der Waals surface area contributed by atoms with Crippen molar-refractivity contribution in [1.29, 1.82) is 10.5 Å². The first-order valence-corrected chi connectivity index (χ1v) is 9.96. The lowest BCUT2D eigenvalue weighted by Crippen LogP contribution is -2.21. The van der Waals surface area contributed by atoms with Gasteiger partial charge in [0.15, 0.2) is 5.57 Å². The Balaban J connectivity index is 3.25. The van der Waals surface area contributed by atoms with Crippen LogP contribution in [0.2, 0.25) is 0 Å². The number of nitrogens with zero attached hydrogens (tertiary/aromatic N) is 4. The molecule has 1 fully saturated rings. The fourth-order valence-corrected chi connectivity index (χ4v) is 7.15. The monoisotopic (exact) mass is 328 g/mol. The van der Waals surface area contributed by atoms with Gasteiger partial charge in [-0.2, -0.15) is 10.5 Å². The van der Waals surface area contributed by atoms with Gasteiger partial charge >= 0.3 is 6.72 Å². The topological polar surface area (TPSA) is 80.4 Å². The number of allylic oxidation sites excluding steroid dienone is 1. The Labute approximate surface area is 130 Å². The number of nitriles is 2. The summed E-state index contributed by atoms with van der Waals surface area (Å²) in [5, 5.41) is 18.4. The van der Waals surface area contributed by atoms with Crippen molar-refractivity contribution >= 4 is 18.1 Å². The molecule has 0 aromatic carbocycles. The summed E-state index contributed by atoms with van der Waals surface area (Å²) in [5.41, 5.74) is -0.0281. The Bertz CT molecular complexity index is 521. The second-order valence-electron chi connectivity index (χ2n) is 4.68. The maximum absolute atomic E-state index is 13.3. The van der Waals surface area contributed by atoms with E-state index in [2.05, 4.69) is 0 Å². The molecule has 0 spiro atoms. The Hall–Kier alpha value is -1.14. The lowest BCUT2D eigenvalue weighted by atomic mass is 10.3. The Kier molecular flexibility index (Phi) is 6.61. The van der Waals surface area contributed by atoms with Gasteiger partial charge < -0.3 is 9.42 Å². The second-order valence-corrected chi connectivity index (χ2v) is 9.39. The molecule has 0 saturated carbocycles. The first-order valence-electron chi connectivity index (χ1n) is 6.90. The molecule has 0 bridgehead atoms. The van der Waals surface area contributed by atoms with Crippen LogP contribution in [0.1, 0.15) is 27.2 Å². The highest BCUT2D eigenvalue weighted by molar-refractivity contribution is 8.56. The summed E-state index contributed by atoms with van der Waals surface area (Å²) < 4.78 is 20.4. The van der Waals surface area contributed by atoms with Gasteiger partial charge in [0.2, 0.25) is 0 Å². The average Bonchev–Trinajstić information content (AvgIpc) is 2.83. The lowest BCUT2D eigenvalue weighted by Gasteiger charge is -2.31. The Morgan fingerprint density at radius 1 is 1.43 bits per heavy atom. The van der Waals surface area contributed by atoms with Crippen molar-refractivity contribution in [3.05, 3.63) is 11.4 Å². The zero-order valence-corrected chi connectivity index (χ0v) is 14.6. The highest BCUT2D eigenvalue weighted by Gasteiger charge is 2.41. The van der Waals surface area contributed by atoms with E-state index in [-0.39, 0.29) is 10.8 Å². The summed E-state index contributed by atoms with van der Waals surface area (Å²) in [4.78, 5) is 1.78. The van der Waals surface area contributed by atoms with Crippen molar-refractivity contribution in [3.63, 3.8) is 0 Å². The molecule has 0 N–H and O–H groups in total. The first kappa shape index (κ1) is 17.9. The Morgan fingerprint density at radius 2 is 2.05 bits per heavy atom. The highest BCUT2D eigenvalue weighted by atomic mass is 32.7. The summed E-state index contributed by atoms with van der Waals surface area (Å²) in [6, 6.07) is 3.77. The molecule has 0 amide bonds. The minimum absolute atomic E-state index is 0.0281. The second kappa shape index (κ2) is 7.75. The van der Waals surface area contributed by atoms with Crippen LogP contribution in [0.5, 0.6) is 0 Å². The van der Waals surface area contributed by atoms with Gasteiger partial charge in [-0.3, -0.25) is 9.24 Å². The minimum atomic E-state index is -3.17. The molecule has 21 heavy (non-hydrogen) atoms. The van der Waals surface area contributed by atoms with Crippen LogP contribution in [0.15, 0.2) is 11.4 Å². The van der Waals surface area contributed by atoms with Gasteiger partial charge in [-0.1, -0.05) is 13.8 Å². The van der Waals surface area contributed by atoms with E-state index in [1.807, 2.05) is 26.0 Å². The predicted octanol–water partition coefficient (Wildman–Crippen LogP) is 3.17. The van der Waals surface area contributed by atoms with Crippen LogP contribution < -0.4 is 0 Å². The molecule has 2 unspecified atom stereocenters. The maximum atomic E-state index is 13.3. The SMILES string of the molecule is CCOP(=O)(SC(C)CC)N1CCN(C)C1=C(C#N)C#N. The summed E-state index contributed by atoms with van der Waals surface area (Å²) in [5.74, 6) is 0.410. The van der Waals surface area contributed by atoms with Crippen molar-refractivity contribution in [1.82, 2.24) is 9.57 Å². The van der Waals surface area contributed by atoms with Gasteiger partial charge in [-0.25, -0.2) is 0 Å². The average molecular weight is 328 g/mol. The fraction of sp³-hybridized carbons (Fsp3) is 0.692. The van der Waals surface area contributed by atoms with Gasteiger partial charge in [-0.15, -0.1) is 0 Å². The maximum Gasteiger partial charge on any atom is 0.355 e. The third-order valence-corrected chi connectivity index (χ3v) is 8.49. The molecule has 8 heteroatoms. The zero-order chi connectivity index (χ0) is 16.0. The molecule has 0 aromatic heterocycles. The molecular formula is C13H21N4O2PS. The van der Waals surface area contributed by atoms with Crippen LogP contribution in [0.25, 0.3) is 0 Å². The van der Waals surface area contributed by atoms with Crippen LogP contribution in [-0.2, 0) is 9.09 Å². The normalized spacial score (nSPS) is 18.9. The summed E-state index contributed by atoms with van der Waals surface area (Å²) >= 11 is 1.29. The predicted molar refractivity (Wildman–Crippen MR) is 84.2 cm³/mol. The van der Waals surface area contributed by atoms with Gasteiger partial charge in [-0.05, 0) is 24.7 Å². The van der Waals surface area contributed by atoms with Crippen LogP contribution in [0, 0.1) is 22.7 Å². The molecule has 1 aliphatic rings. The quantitative estimate of drug-likeness (QED) is 0.547. The van der Waals surface area contributed by atoms with E-state index in [0.717, 1.165) is 6.42 Å². The standard InChI is InChI=1S/C13H21N4O2PS/c1-5-11(3)21-20(18,19-6-2)17-8-7-16(4)13(17)12(9-14)10-15/h11H,5-8H2,1-4H3. The van der Waals surface area contributed by atoms with Crippen LogP contribution >= 0.6 is 18.1 Å². The number of likely N-dealkylation sites (N-methyl/N-ethyl adjacent to an activating group) is 1. The Morgan fingerprint density at radius 3 is 2.52 bits per heavy atom. The lowest BCUT2D eigenvalue weighted by molar-refractivity contribution is 0.307. The molecule has 0 radical (unpaired) electrons. The molecule has 116 valence electrons. The van der Waals surface area contributed by atoms with Crippen molar-refractivity contribution in [2.45, 2.75) is 32.4 Å². The molecular weight excluding hydrogens is 307 g/mol. The van der Waals surface area contributed by atoms with Crippen LogP contribution in [0.3, 0.4) is 0 Å². The van der Waals surface area contributed by atoms with Crippen molar-refractivity contribution in [2.75, 3.05) is 26.7 Å². The minimum Gasteiger partial charge on any atom is -0.357 e. The van der Waals surface area contributed by atoms with E-state index < -0.39 is 6.72 Å². The molecule has 1 saturated heterocycles. The van der Waals surface area contributed by atoms with E-state index in [4.69, 9.17) is 15.0 Å². The van der Waals surface area contributed by atoms with Crippen molar-refractivity contribution in [3.8, 4) is 12.1 Å². The molecule has 0 aliphatic carbocycles. The third kappa shape index (κ3) is 3.95. The summed E-state index contributed by atoms with van der Waals surface area (Å²) in [7, 11) is 1.79. The number of hydrogen-bond acceptors (Lipinski definition) is 6. The van der Waals surface area contributed by atoms with Gasteiger partial charge in [0.25, 0.3) is 0 Å². The van der Waals surface area contributed by atoms with Crippen molar-refractivity contribution in [2.24, 2.45) is 0 Å². The van der Waals surface area contributed by atoms with Crippen molar-refractivity contribution < 1.29 is 9.09 Å². The molecule has 1 heterocycles. The number of hydrogen-bond donors (Lipinski definition) is 0. The smallest absolute Gasteiger partial charge is 0.355 e. The van der Waals surface area contributed by atoms with E-state index in [0.29, 0.717) is 25.5 Å². The summed E-state index contributed by atoms with van der Waals surface area (Å²) in [6.07, 6.45) is 0.869. The van der Waals surface area contributed by atoms with E-state index in [9.17, 15) is 4.57 Å². The third-order valence-electron chi connectivity index (χ3n) is 3.18. The van der Waals surface area contributed by atoms with Gasteiger partial charge in [0.1, 0.15) is 18.0 Å². The van der Waals surface area contributed by atoms with Gasteiger partial charge in [0, 0.05) is 25.4 Å². The first-order chi connectivity index (χ1) is 9.93. The van der Waals surface area contributed by atoms with Crippen LogP contribution in [0.4, 0.5) is 0 Å². The van der Waals surface area contributed by atoms with E-state index >= 15 is 0 Å². The highest BCUT2D eigenvalue weighted by Crippen LogP contribution is 2.66. The molecule has 1 aliphatic heterocycles. The fourth-order valence-electron chi connectivity index (χ4n) is 1.96. The molecule has 2 atom stereocenters. The molecule has 0 aromatic rings. The summed E-state index contributed by atoms with van der Waals surface area (Å²) in [6.45, 7) is 4.07. The van der Waals surface area contributed by atoms with Crippen LogP contribution in [-0.4, -0.2) is 41.6 Å². The zero-order valence-electron chi connectivity index (χ0n) is 12.9. The van der Waals surface area contributed by atoms with E-state index in [1.54, 1.807) is 23.5 Å². The number of rotatable bonds is 6.